The molecule has 4 aromatic rings. The summed E-state index contributed by atoms with van der Waals surface area (Å²) in [5.41, 5.74) is 8.82. The van der Waals surface area contributed by atoms with Crippen molar-refractivity contribution in [1.29, 1.82) is 0 Å². The Hall–Kier alpha value is -4.05. The van der Waals surface area contributed by atoms with Crippen LogP contribution in [-0.4, -0.2) is 61.3 Å². The number of benzene rings is 2. The Labute approximate surface area is 207 Å². The summed E-state index contributed by atoms with van der Waals surface area (Å²) in [4.78, 5) is 26.8. The fourth-order valence-corrected chi connectivity index (χ4v) is 5.16. The van der Waals surface area contributed by atoms with E-state index in [-0.39, 0.29) is 12.0 Å². The third-order valence-electron chi connectivity index (χ3n) is 6.05. The van der Waals surface area contributed by atoms with Gasteiger partial charge in [-0.2, -0.15) is 4.98 Å². The lowest BCUT2D eigenvalue weighted by atomic mass is 10.1. The minimum atomic E-state index is -0.157. The van der Waals surface area contributed by atoms with Crippen LogP contribution in [0.5, 0.6) is 11.5 Å². The van der Waals surface area contributed by atoms with E-state index in [4.69, 9.17) is 15.2 Å². The molecule has 1 fully saturated rings. The van der Waals surface area contributed by atoms with Crippen molar-refractivity contribution in [3.63, 3.8) is 0 Å². The number of amides is 2. The quantitative estimate of drug-likeness (QED) is 0.429. The average Bonchev–Trinajstić information content (AvgIpc) is 3.32. The van der Waals surface area contributed by atoms with Crippen molar-refractivity contribution in [2.24, 2.45) is 0 Å². The van der Waals surface area contributed by atoms with Gasteiger partial charge in [-0.1, -0.05) is 24.3 Å². The largest absolute Gasteiger partial charge is 0.497 e. The van der Waals surface area contributed by atoms with Crippen LogP contribution in [0.3, 0.4) is 0 Å². The fraction of sp³-hybridized carbons (Fsp3) is 0.240. The number of hydrogen-bond acceptors (Lipinski definition) is 8. The lowest BCUT2D eigenvalue weighted by Crippen LogP contribution is -2.50. The van der Waals surface area contributed by atoms with Crippen LogP contribution in [0.2, 0.25) is 0 Å². The van der Waals surface area contributed by atoms with Crippen LogP contribution in [0.25, 0.3) is 21.3 Å². The molecule has 2 aromatic heterocycles. The van der Waals surface area contributed by atoms with Crippen LogP contribution in [0.1, 0.15) is 0 Å². The van der Waals surface area contributed by atoms with E-state index in [1.165, 1.54) is 0 Å². The highest BCUT2D eigenvalue weighted by atomic mass is 32.1. The molecular formula is C25H26N6O3S. The molecule has 2 amide bonds. The molecule has 0 unspecified atom stereocenters. The van der Waals surface area contributed by atoms with Crippen molar-refractivity contribution in [2.75, 3.05) is 56.3 Å². The van der Waals surface area contributed by atoms with E-state index in [9.17, 15) is 4.79 Å². The third kappa shape index (κ3) is 4.52. The van der Waals surface area contributed by atoms with Gasteiger partial charge in [0.2, 0.25) is 5.95 Å². The number of nitrogens with two attached hydrogens (primary N) is 1. The summed E-state index contributed by atoms with van der Waals surface area (Å²) in [7, 11) is 3.24. The van der Waals surface area contributed by atoms with E-state index in [1.807, 2.05) is 48.5 Å². The highest BCUT2D eigenvalue weighted by Crippen LogP contribution is 2.39. The summed E-state index contributed by atoms with van der Waals surface area (Å²) in [6.45, 7) is 2.36. The molecule has 9 nitrogen and oxygen atoms in total. The Morgan fingerprint density at radius 3 is 2.46 bits per heavy atom. The summed E-state index contributed by atoms with van der Waals surface area (Å²) in [5.74, 6) is 2.47. The van der Waals surface area contributed by atoms with Gasteiger partial charge in [-0.25, -0.2) is 9.78 Å². The van der Waals surface area contributed by atoms with Gasteiger partial charge in [0.15, 0.2) is 0 Å². The highest BCUT2D eigenvalue weighted by molar-refractivity contribution is 7.17. The first-order valence-electron chi connectivity index (χ1n) is 11.2. The predicted octanol–water partition coefficient (Wildman–Crippen LogP) is 4.31. The van der Waals surface area contributed by atoms with Crippen LogP contribution < -0.4 is 25.4 Å². The lowest BCUT2D eigenvalue weighted by molar-refractivity contribution is 0.208. The summed E-state index contributed by atoms with van der Waals surface area (Å²) in [5, 5.41) is 6.01. The van der Waals surface area contributed by atoms with Crippen molar-refractivity contribution >= 4 is 45.0 Å². The highest BCUT2D eigenvalue weighted by Gasteiger charge is 2.26. The summed E-state index contributed by atoms with van der Waals surface area (Å²) < 4.78 is 10.6. The number of piperazine rings is 1. The Morgan fingerprint density at radius 1 is 1.00 bits per heavy atom. The number of methoxy groups -OCH3 is 2. The van der Waals surface area contributed by atoms with Gasteiger partial charge in [-0.15, -0.1) is 11.3 Å². The Kier molecular flexibility index (Phi) is 6.28. The molecule has 1 saturated heterocycles. The number of hydrogen-bond donors (Lipinski definition) is 2. The number of aromatic nitrogens is 2. The van der Waals surface area contributed by atoms with Crippen molar-refractivity contribution in [3.8, 4) is 22.6 Å². The van der Waals surface area contributed by atoms with Gasteiger partial charge in [0.25, 0.3) is 0 Å². The zero-order valence-corrected chi connectivity index (χ0v) is 20.3. The second-order valence-electron chi connectivity index (χ2n) is 8.07. The van der Waals surface area contributed by atoms with Crippen LogP contribution >= 0.6 is 11.3 Å². The monoisotopic (exact) mass is 490 g/mol. The van der Waals surface area contributed by atoms with Crippen molar-refractivity contribution < 1.29 is 14.3 Å². The maximum absolute atomic E-state index is 12.9. The number of urea groups is 1. The zero-order chi connectivity index (χ0) is 24.4. The van der Waals surface area contributed by atoms with Crippen molar-refractivity contribution in [1.82, 2.24) is 14.9 Å². The third-order valence-corrected chi connectivity index (χ3v) is 6.92. The molecule has 0 saturated carbocycles. The molecule has 35 heavy (non-hydrogen) atoms. The van der Waals surface area contributed by atoms with Gasteiger partial charge in [-0.05, 0) is 29.8 Å². The number of nitrogens with one attached hydrogen (secondary N) is 1. The SMILES string of the molecule is COc1ccc(-c2csc3nc(N)nc(N4CCN(C(=O)Nc5ccccc5OC)CC4)c23)cc1. The minimum Gasteiger partial charge on any atom is -0.497 e. The Balaban J connectivity index is 1.37. The molecule has 1 aliphatic heterocycles. The molecule has 1 aliphatic rings. The average molecular weight is 491 g/mol. The van der Waals surface area contributed by atoms with Gasteiger partial charge >= 0.3 is 6.03 Å². The number of rotatable bonds is 5. The molecule has 0 aliphatic carbocycles. The molecule has 5 rings (SSSR count). The first-order valence-corrected chi connectivity index (χ1v) is 12.1. The number of thiophene rings is 1. The topological polar surface area (TPSA) is 106 Å². The molecule has 2 aromatic carbocycles. The number of para-hydroxylation sites is 2. The zero-order valence-electron chi connectivity index (χ0n) is 19.5. The van der Waals surface area contributed by atoms with E-state index in [0.29, 0.717) is 37.6 Å². The molecule has 0 bridgehead atoms. The van der Waals surface area contributed by atoms with E-state index in [0.717, 1.165) is 32.9 Å². The van der Waals surface area contributed by atoms with Crippen LogP contribution in [0, 0.1) is 0 Å². The predicted molar refractivity (Wildman–Crippen MR) is 140 cm³/mol. The molecule has 180 valence electrons. The first-order chi connectivity index (χ1) is 17.1. The van der Waals surface area contributed by atoms with Crippen LogP contribution in [0.4, 0.5) is 22.2 Å². The minimum absolute atomic E-state index is 0.157. The molecular weight excluding hydrogens is 464 g/mol. The summed E-state index contributed by atoms with van der Waals surface area (Å²) >= 11 is 1.55. The Bertz CT molecular complexity index is 1350. The molecule has 0 atom stereocenters. The van der Waals surface area contributed by atoms with E-state index in [1.54, 1.807) is 30.5 Å². The molecule has 3 N–H and O–H groups in total. The standard InChI is InChI=1S/C25H26N6O3S/c1-33-17-9-7-16(8-10-17)18-15-35-23-21(18)22(28-24(26)29-23)30-11-13-31(14-12-30)25(32)27-19-5-3-4-6-20(19)34-2/h3-10,15H,11-14H2,1-2H3,(H,27,32)(H2,26,28,29). The Morgan fingerprint density at radius 2 is 1.74 bits per heavy atom. The summed E-state index contributed by atoms with van der Waals surface area (Å²) in [6.07, 6.45) is 0. The number of carbonyl (C=O) groups excluding carboxylic acids is 1. The molecule has 10 heteroatoms. The number of nitrogen functional groups attached to an aromatic ring is 1. The number of carbonyl (C=O) groups is 1. The number of ether oxygens (including phenoxy) is 2. The van der Waals surface area contributed by atoms with Gasteiger partial charge < -0.3 is 30.3 Å². The molecule has 0 radical (unpaired) electrons. The number of anilines is 3. The second kappa shape index (κ2) is 9.67. The van der Waals surface area contributed by atoms with Crippen LogP contribution in [-0.2, 0) is 0 Å². The van der Waals surface area contributed by atoms with Gasteiger partial charge in [0, 0.05) is 37.1 Å². The van der Waals surface area contributed by atoms with Gasteiger partial charge in [-0.3, -0.25) is 0 Å². The first kappa shape index (κ1) is 22.7. The van der Waals surface area contributed by atoms with E-state index < -0.39 is 0 Å². The van der Waals surface area contributed by atoms with Gasteiger partial charge in [0.05, 0.1) is 25.3 Å². The van der Waals surface area contributed by atoms with Crippen molar-refractivity contribution in [2.45, 2.75) is 0 Å². The summed E-state index contributed by atoms with van der Waals surface area (Å²) in [6, 6.07) is 15.2. The normalized spacial score (nSPS) is 13.7. The van der Waals surface area contributed by atoms with E-state index in [2.05, 4.69) is 25.6 Å². The second-order valence-corrected chi connectivity index (χ2v) is 8.93. The van der Waals surface area contributed by atoms with Crippen LogP contribution in [0.15, 0.2) is 53.9 Å². The fourth-order valence-electron chi connectivity index (χ4n) is 4.21. The lowest BCUT2D eigenvalue weighted by Gasteiger charge is -2.35. The molecule has 3 heterocycles. The van der Waals surface area contributed by atoms with E-state index >= 15 is 0 Å². The number of fused-ring (bicyclic) bond motifs is 1. The molecule has 0 spiro atoms. The maximum atomic E-state index is 12.9. The van der Waals surface area contributed by atoms with Gasteiger partial charge in [0.1, 0.15) is 22.1 Å². The maximum Gasteiger partial charge on any atom is 0.322 e. The van der Waals surface area contributed by atoms with Crippen molar-refractivity contribution in [3.05, 3.63) is 53.9 Å². The number of nitrogens with zero attached hydrogens (tertiary/aromatic N) is 4. The smallest absolute Gasteiger partial charge is 0.322 e.